The van der Waals surface area contributed by atoms with Gasteiger partial charge in [0.2, 0.25) is 0 Å². The molecule has 0 aromatic heterocycles. The molecule has 0 radical (unpaired) electrons. The molecule has 0 spiro atoms. The lowest BCUT2D eigenvalue weighted by atomic mass is 10.3. The van der Waals surface area contributed by atoms with Gasteiger partial charge >= 0.3 is 0 Å². The molecule has 21 heavy (non-hydrogen) atoms. The number of sulfonamides is 1. The Balaban J connectivity index is 2.19. The van der Waals surface area contributed by atoms with E-state index in [4.69, 9.17) is 0 Å². The van der Waals surface area contributed by atoms with Crippen LogP contribution in [0.5, 0.6) is 0 Å². The number of halogens is 3. The molecular weight excluding hydrogens is 323 g/mol. The largest absolute Gasteiger partial charge is 0.288 e. The van der Waals surface area contributed by atoms with Crippen molar-refractivity contribution in [1.29, 1.82) is 0 Å². The van der Waals surface area contributed by atoms with Gasteiger partial charge in [-0.2, -0.15) is 8.78 Å². The fraction of sp³-hybridized carbons (Fsp3) is 0.0769. The summed E-state index contributed by atoms with van der Waals surface area (Å²) >= 11 is 0.353. The van der Waals surface area contributed by atoms with Gasteiger partial charge in [-0.3, -0.25) is 4.72 Å². The highest BCUT2D eigenvalue weighted by molar-refractivity contribution is 7.99. The van der Waals surface area contributed by atoms with Gasteiger partial charge < -0.3 is 0 Å². The molecule has 2 rings (SSSR count). The Morgan fingerprint density at radius 2 is 1.62 bits per heavy atom. The number of alkyl halides is 2. The molecule has 0 bridgehead atoms. The van der Waals surface area contributed by atoms with E-state index in [2.05, 4.69) is 4.72 Å². The molecule has 8 heteroatoms. The zero-order chi connectivity index (χ0) is 15.5. The topological polar surface area (TPSA) is 46.2 Å². The third-order valence-electron chi connectivity index (χ3n) is 2.46. The first kappa shape index (κ1) is 15.7. The number of nitrogens with one attached hydrogen (secondary N) is 1. The highest BCUT2D eigenvalue weighted by atomic mass is 32.2. The first-order valence-electron chi connectivity index (χ1n) is 5.71. The number of anilines is 1. The van der Waals surface area contributed by atoms with Crippen molar-refractivity contribution >= 4 is 27.5 Å². The summed E-state index contributed by atoms with van der Waals surface area (Å²) in [6.07, 6.45) is 0. The van der Waals surface area contributed by atoms with Crippen molar-refractivity contribution in [2.75, 3.05) is 4.72 Å². The molecule has 0 aliphatic heterocycles. The molecule has 2 aromatic rings. The average Bonchev–Trinajstić information content (AvgIpc) is 2.40. The second-order valence-corrected chi connectivity index (χ2v) is 6.65. The second kappa shape index (κ2) is 6.40. The van der Waals surface area contributed by atoms with Crippen molar-refractivity contribution in [3.8, 4) is 0 Å². The summed E-state index contributed by atoms with van der Waals surface area (Å²) in [5.74, 6) is -3.42. The number of hydrogen-bond donors (Lipinski definition) is 1. The maximum absolute atomic E-state index is 13.5. The SMILES string of the molecule is O=S(=O)(Nc1ccc(SC(F)F)cc1)c1ccccc1F. The number of thioether (sulfide) groups is 1. The Kier molecular flexibility index (Phi) is 4.79. The molecule has 3 nitrogen and oxygen atoms in total. The van der Waals surface area contributed by atoms with Crippen molar-refractivity contribution in [2.24, 2.45) is 0 Å². The summed E-state index contributed by atoms with van der Waals surface area (Å²) < 4.78 is 64.0. The minimum Gasteiger partial charge on any atom is -0.280 e. The van der Waals surface area contributed by atoms with Crippen LogP contribution in [0, 0.1) is 5.82 Å². The quantitative estimate of drug-likeness (QED) is 0.843. The third-order valence-corrected chi connectivity index (χ3v) is 4.59. The number of benzene rings is 2. The predicted molar refractivity (Wildman–Crippen MR) is 75.5 cm³/mol. The van der Waals surface area contributed by atoms with E-state index in [9.17, 15) is 21.6 Å². The normalized spacial score (nSPS) is 11.6. The maximum Gasteiger partial charge on any atom is 0.288 e. The molecule has 0 saturated heterocycles. The molecule has 0 aliphatic rings. The molecule has 0 heterocycles. The van der Waals surface area contributed by atoms with E-state index in [0.717, 1.165) is 12.1 Å². The summed E-state index contributed by atoms with van der Waals surface area (Å²) in [5, 5.41) is 0. The maximum atomic E-state index is 13.5. The first-order valence-corrected chi connectivity index (χ1v) is 8.07. The number of hydrogen-bond acceptors (Lipinski definition) is 3. The van der Waals surface area contributed by atoms with Gasteiger partial charge in [-0.1, -0.05) is 23.9 Å². The van der Waals surface area contributed by atoms with Crippen LogP contribution in [-0.4, -0.2) is 14.2 Å². The van der Waals surface area contributed by atoms with Gasteiger partial charge in [-0.25, -0.2) is 12.8 Å². The van der Waals surface area contributed by atoms with Gasteiger partial charge in [0, 0.05) is 10.6 Å². The van der Waals surface area contributed by atoms with E-state index in [1.165, 1.54) is 36.4 Å². The minimum atomic E-state index is -4.06. The lowest BCUT2D eigenvalue weighted by Gasteiger charge is -2.09. The van der Waals surface area contributed by atoms with Crippen molar-refractivity contribution in [3.63, 3.8) is 0 Å². The molecule has 0 saturated carbocycles. The Bertz CT molecular complexity index is 718. The van der Waals surface area contributed by atoms with E-state index in [0.29, 0.717) is 16.7 Å². The Morgan fingerprint density at radius 3 is 2.19 bits per heavy atom. The zero-order valence-electron chi connectivity index (χ0n) is 10.5. The highest BCUT2D eigenvalue weighted by Gasteiger charge is 2.18. The van der Waals surface area contributed by atoms with Crippen LogP contribution in [-0.2, 0) is 10.0 Å². The van der Waals surface area contributed by atoms with Crippen LogP contribution in [0.2, 0.25) is 0 Å². The lowest BCUT2D eigenvalue weighted by molar-refractivity contribution is 0.252. The Labute approximate surface area is 124 Å². The van der Waals surface area contributed by atoms with Crippen LogP contribution in [0.1, 0.15) is 0 Å². The van der Waals surface area contributed by atoms with Crippen molar-refractivity contribution in [3.05, 3.63) is 54.3 Å². The smallest absolute Gasteiger partial charge is 0.280 e. The van der Waals surface area contributed by atoms with Crippen LogP contribution in [0.3, 0.4) is 0 Å². The van der Waals surface area contributed by atoms with E-state index in [-0.39, 0.29) is 5.69 Å². The fourth-order valence-electron chi connectivity index (χ4n) is 1.58. The Hall–Kier alpha value is -1.67. The van der Waals surface area contributed by atoms with Crippen LogP contribution in [0.15, 0.2) is 58.3 Å². The van der Waals surface area contributed by atoms with Crippen LogP contribution in [0.4, 0.5) is 18.9 Å². The Morgan fingerprint density at radius 1 is 1.00 bits per heavy atom. The standard InChI is InChI=1S/C13H10F3NO2S2/c14-11-3-1-2-4-12(11)21(18,19)17-9-5-7-10(8-6-9)20-13(15)16/h1-8,13,17H. The zero-order valence-corrected chi connectivity index (χ0v) is 12.1. The van der Waals surface area contributed by atoms with Crippen LogP contribution in [0.25, 0.3) is 0 Å². The molecule has 0 aliphatic carbocycles. The molecule has 0 amide bonds. The predicted octanol–water partition coefficient (Wildman–Crippen LogP) is 3.94. The van der Waals surface area contributed by atoms with Gasteiger partial charge in [0.05, 0.1) is 0 Å². The molecule has 0 fully saturated rings. The van der Waals surface area contributed by atoms with Gasteiger partial charge in [-0.15, -0.1) is 0 Å². The first-order chi connectivity index (χ1) is 9.88. The van der Waals surface area contributed by atoms with Crippen LogP contribution < -0.4 is 4.72 Å². The lowest BCUT2D eigenvalue weighted by Crippen LogP contribution is -2.14. The van der Waals surface area contributed by atoms with Crippen molar-refractivity contribution in [1.82, 2.24) is 0 Å². The van der Waals surface area contributed by atoms with E-state index < -0.39 is 26.5 Å². The van der Waals surface area contributed by atoms with Crippen molar-refractivity contribution < 1.29 is 21.6 Å². The average molecular weight is 333 g/mol. The fourth-order valence-corrected chi connectivity index (χ4v) is 3.21. The summed E-state index contributed by atoms with van der Waals surface area (Å²) in [6, 6.07) is 10.3. The molecular formula is C13H10F3NO2S2. The molecule has 1 N–H and O–H groups in total. The molecule has 0 atom stereocenters. The third kappa shape index (κ3) is 4.15. The van der Waals surface area contributed by atoms with E-state index in [1.54, 1.807) is 0 Å². The van der Waals surface area contributed by atoms with Gasteiger partial charge in [0.1, 0.15) is 10.7 Å². The summed E-state index contributed by atoms with van der Waals surface area (Å²) in [4.78, 5) is -0.171. The van der Waals surface area contributed by atoms with Gasteiger partial charge in [-0.05, 0) is 36.4 Å². The highest BCUT2D eigenvalue weighted by Crippen LogP contribution is 2.27. The monoisotopic (exact) mass is 333 g/mol. The van der Waals surface area contributed by atoms with E-state index in [1.807, 2.05) is 0 Å². The molecule has 2 aromatic carbocycles. The van der Waals surface area contributed by atoms with E-state index >= 15 is 0 Å². The minimum absolute atomic E-state index is 0.164. The molecule has 0 unspecified atom stereocenters. The summed E-state index contributed by atoms with van der Waals surface area (Å²) in [5.41, 5.74) is 0.164. The number of rotatable bonds is 5. The molecule has 112 valence electrons. The summed E-state index contributed by atoms with van der Waals surface area (Å²) in [7, 11) is -4.06. The summed E-state index contributed by atoms with van der Waals surface area (Å²) in [6.45, 7) is 0. The van der Waals surface area contributed by atoms with Gasteiger partial charge in [0.15, 0.2) is 0 Å². The van der Waals surface area contributed by atoms with Crippen LogP contribution >= 0.6 is 11.8 Å². The van der Waals surface area contributed by atoms with Crippen molar-refractivity contribution in [2.45, 2.75) is 15.5 Å². The van der Waals surface area contributed by atoms with Gasteiger partial charge in [0.25, 0.3) is 15.8 Å². The second-order valence-electron chi connectivity index (χ2n) is 3.94.